The van der Waals surface area contributed by atoms with Crippen molar-refractivity contribution in [3.63, 3.8) is 0 Å². The fraction of sp³-hybridized carbons (Fsp3) is 0.625. The maximum atomic E-state index is 3.16. The Morgan fingerprint density at radius 2 is 1.35 bits per heavy atom. The van der Waals surface area contributed by atoms with Crippen LogP contribution in [-0.2, 0) is 38.1 Å². The monoisotopic (exact) mass is 300 g/mol. The normalized spacial score (nSPS) is 42.2. The van der Waals surface area contributed by atoms with E-state index in [4.69, 9.17) is 0 Å². The predicted octanol–water partition coefficient (Wildman–Crippen LogP) is 3.95. The zero-order chi connectivity index (χ0) is 10.6. The summed E-state index contributed by atoms with van der Waals surface area (Å²) < 4.78 is 0. The van der Waals surface area contributed by atoms with Gasteiger partial charge >= 0.3 is 0 Å². The maximum absolute atomic E-state index is 3.16. The fourth-order valence-electron chi connectivity index (χ4n) is 5.20. The number of benzene rings is 1. The molecule has 0 amide bonds. The van der Waals surface area contributed by atoms with E-state index in [0.29, 0.717) is 5.41 Å². The minimum absolute atomic E-state index is 0. The van der Waals surface area contributed by atoms with Crippen molar-refractivity contribution >= 4 is 0 Å². The summed E-state index contributed by atoms with van der Waals surface area (Å²) in [6, 6.07) is 12.0. The quantitative estimate of drug-likeness (QED) is 0.689. The molecule has 4 saturated carbocycles. The van der Waals surface area contributed by atoms with Gasteiger partial charge in [0.2, 0.25) is 0 Å². The average molecular weight is 300 g/mol. The van der Waals surface area contributed by atoms with Crippen LogP contribution in [0.15, 0.2) is 24.3 Å². The summed E-state index contributed by atoms with van der Waals surface area (Å²) in [7, 11) is 0. The molecule has 4 bridgehead atoms. The number of hydrogen-bond donors (Lipinski definition) is 0. The number of hydrogen-bond acceptors (Lipinski definition) is 0. The molecule has 1 radical (unpaired) electrons. The molecule has 0 nitrogen and oxygen atoms in total. The van der Waals surface area contributed by atoms with Gasteiger partial charge in [0.1, 0.15) is 0 Å². The smallest absolute Gasteiger partial charge is 0 e. The molecule has 4 fully saturated rings. The summed E-state index contributed by atoms with van der Waals surface area (Å²) in [6.07, 6.45) is 9.05. The van der Waals surface area contributed by atoms with E-state index >= 15 is 0 Å². The molecule has 0 heterocycles. The molecule has 0 N–H and O–H groups in total. The van der Waals surface area contributed by atoms with Crippen molar-refractivity contribution in [2.45, 2.75) is 43.9 Å². The van der Waals surface area contributed by atoms with E-state index in [1.165, 1.54) is 38.5 Å². The first-order valence-electron chi connectivity index (χ1n) is 6.81. The minimum Gasteiger partial charge on any atom is -0.184 e. The Balaban J connectivity index is 0.000000902. The van der Waals surface area contributed by atoms with Crippen LogP contribution in [0.3, 0.4) is 0 Å². The molecule has 0 unspecified atom stereocenters. The molecule has 1 aromatic rings. The second kappa shape index (κ2) is 4.46. The predicted molar refractivity (Wildman–Crippen MR) is 65.1 cm³/mol. The van der Waals surface area contributed by atoms with Gasteiger partial charge in [-0.3, -0.25) is 0 Å². The molecular formula is C16H19Y-. The molecule has 17 heavy (non-hydrogen) atoms. The van der Waals surface area contributed by atoms with Crippen LogP contribution in [0.2, 0.25) is 0 Å². The fourth-order valence-corrected chi connectivity index (χ4v) is 5.20. The Hall–Kier alpha value is 0.324. The van der Waals surface area contributed by atoms with Gasteiger partial charge in [-0.05, 0) is 61.7 Å². The molecule has 5 rings (SSSR count). The van der Waals surface area contributed by atoms with E-state index in [0.717, 1.165) is 17.8 Å². The van der Waals surface area contributed by atoms with Crippen molar-refractivity contribution in [2.75, 3.05) is 0 Å². The molecular weight excluding hydrogens is 281 g/mol. The Morgan fingerprint density at radius 1 is 0.882 bits per heavy atom. The van der Waals surface area contributed by atoms with Crippen molar-refractivity contribution in [1.29, 1.82) is 0 Å². The van der Waals surface area contributed by atoms with Gasteiger partial charge in [-0.15, -0.1) is 0 Å². The van der Waals surface area contributed by atoms with E-state index in [2.05, 4.69) is 30.3 Å². The van der Waals surface area contributed by atoms with Crippen molar-refractivity contribution in [1.82, 2.24) is 0 Å². The standard InChI is InChI=1S/C16H19.Y/c1-2-4-15(5-3-1)16-9-12-6-13(10-16)8-14(7-12)11-16;/h2-5,12-14H,6-11H2;/q-1;. The molecule has 1 aromatic carbocycles. The third kappa shape index (κ3) is 1.96. The van der Waals surface area contributed by atoms with Gasteiger partial charge in [-0.25, -0.2) is 0 Å². The first kappa shape index (κ1) is 12.4. The summed E-state index contributed by atoms with van der Waals surface area (Å²) >= 11 is 0. The van der Waals surface area contributed by atoms with Crippen LogP contribution in [0.4, 0.5) is 0 Å². The Bertz CT molecular complexity index is 360. The van der Waals surface area contributed by atoms with Gasteiger partial charge in [-0.1, -0.05) is 0 Å². The van der Waals surface area contributed by atoms with E-state index in [1.54, 1.807) is 5.56 Å². The van der Waals surface area contributed by atoms with Crippen molar-refractivity contribution < 1.29 is 32.7 Å². The van der Waals surface area contributed by atoms with Gasteiger partial charge in [-0.2, -0.15) is 35.9 Å². The molecule has 0 saturated heterocycles. The van der Waals surface area contributed by atoms with Crippen LogP contribution in [0.25, 0.3) is 0 Å². The van der Waals surface area contributed by atoms with Gasteiger partial charge < -0.3 is 0 Å². The molecule has 87 valence electrons. The van der Waals surface area contributed by atoms with Crippen molar-refractivity contribution in [3.8, 4) is 0 Å². The third-order valence-corrected chi connectivity index (χ3v) is 5.37. The summed E-state index contributed by atoms with van der Waals surface area (Å²) in [5.41, 5.74) is 2.19. The van der Waals surface area contributed by atoms with E-state index < -0.39 is 0 Å². The topological polar surface area (TPSA) is 0 Å². The summed E-state index contributed by atoms with van der Waals surface area (Å²) in [4.78, 5) is 0. The van der Waals surface area contributed by atoms with Crippen LogP contribution >= 0.6 is 0 Å². The Labute approximate surface area is 129 Å². The molecule has 0 aliphatic heterocycles. The number of rotatable bonds is 1. The Morgan fingerprint density at radius 3 is 1.82 bits per heavy atom. The molecule has 4 aliphatic carbocycles. The van der Waals surface area contributed by atoms with Crippen LogP contribution < -0.4 is 0 Å². The zero-order valence-electron chi connectivity index (χ0n) is 10.4. The zero-order valence-corrected chi connectivity index (χ0v) is 13.2. The van der Waals surface area contributed by atoms with E-state index in [-0.39, 0.29) is 32.7 Å². The largest absolute Gasteiger partial charge is 0.184 e. The van der Waals surface area contributed by atoms with Crippen LogP contribution in [-0.4, -0.2) is 0 Å². The van der Waals surface area contributed by atoms with Gasteiger partial charge in [0.25, 0.3) is 0 Å². The first-order chi connectivity index (χ1) is 7.84. The molecule has 0 aromatic heterocycles. The second-order valence-electron chi connectivity index (χ2n) is 6.49. The molecule has 1 heteroatoms. The van der Waals surface area contributed by atoms with Gasteiger partial charge in [0, 0.05) is 32.7 Å². The van der Waals surface area contributed by atoms with E-state index in [1.807, 2.05) is 0 Å². The van der Waals surface area contributed by atoms with Crippen molar-refractivity contribution in [3.05, 3.63) is 35.9 Å². The second-order valence-corrected chi connectivity index (χ2v) is 6.49. The summed E-state index contributed by atoms with van der Waals surface area (Å²) in [5, 5.41) is 0. The average Bonchev–Trinajstić information content (AvgIpc) is 2.28. The van der Waals surface area contributed by atoms with E-state index in [9.17, 15) is 0 Å². The van der Waals surface area contributed by atoms with Crippen molar-refractivity contribution in [2.24, 2.45) is 17.8 Å². The van der Waals surface area contributed by atoms with Crippen LogP contribution in [0.1, 0.15) is 44.1 Å². The third-order valence-electron chi connectivity index (χ3n) is 5.37. The summed E-state index contributed by atoms with van der Waals surface area (Å²) in [5.74, 6) is 3.15. The first-order valence-corrected chi connectivity index (χ1v) is 6.81. The Kier molecular flexibility index (Phi) is 3.24. The molecule has 4 aliphatic rings. The SMILES string of the molecule is [Y].[c-]1ccc(C23CC4CC(CC(C4)C2)C3)cc1. The summed E-state index contributed by atoms with van der Waals surface area (Å²) in [6.45, 7) is 0. The van der Waals surface area contributed by atoms with Crippen LogP contribution in [0, 0.1) is 23.8 Å². The minimum atomic E-state index is 0. The van der Waals surface area contributed by atoms with Gasteiger partial charge in [0.05, 0.1) is 0 Å². The maximum Gasteiger partial charge on any atom is 0 e. The molecule has 0 atom stereocenters. The van der Waals surface area contributed by atoms with Gasteiger partial charge in [0.15, 0.2) is 0 Å². The molecule has 0 spiro atoms. The van der Waals surface area contributed by atoms with Crippen LogP contribution in [0.5, 0.6) is 0 Å².